The second-order valence-corrected chi connectivity index (χ2v) is 7.78. The monoisotopic (exact) mass is 396 g/mol. The third kappa shape index (κ3) is 4.54. The van der Waals surface area contributed by atoms with Crippen molar-refractivity contribution in [1.82, 2.24) is 9.80 Å². The van der Waals surface area contributed by atoms with Gasteiger partial charge in [-0.25, -0.2) is 0 Å². The lowest BCUT2D eigenvalue weighted by atomic mass is 9.92. The molecule has 0 aliphatic carbocycles. The van der Waals surface area contributed by atoms with E-state index in [-0.39, 0.29) is 17.9 Å². The fourth-order valence-corrected chi connectivity index (χ4v) is 4.27. The van der Waals surface area contributed by atoms with Crippen LogP contribution in [0.1, 0.15) is 17.5 Å². The molecule has 2 heterocycles. The number of carbonyl (C=O) groups excluding carboxylic acids is 1. The summed E-state index contributed by atoms with van der Waals surface area (Å²) in [6.45, 7) is 3.87. The highest BCUT2D eigenvalue weighted by atomic mass is 16.5. The molecule has 2 unspecified atom stereocenters. The first kappa shape index (κ1) is 19.7. The Morgan fingerprint density at radius 1 is 1.14 bits per heavy atom. The number of phenols is 1. The summed E-state index contributed by atoms with van der Waals surface area (Å²) in [5.41, 5.74) is 1.94. The van der Waals surface area contributed by atoms with Crippen molar-refractivity contribution in [2.24, 2.45) is 5.92 Å². The highest BCUT2D eigenvalue weighted by Gasteiger charge is 2.39. The standard InChI is InChI=1S/C23H28N2O4/c1-28-19-7-4-5-17(13-19)14-25-11-12-29-22-9-10-24(16-20(22)23(25)27)15-18-6-2-3-8-21(18)26/h2-8,13,20,22,26H,9-12,14-16H2,1H3. The predicted molar refractivity (Wildman–Crippen MR) is 110 cm³/mol. The molecule has 2 aromatic carbocycles. The zero-order valence-corrected chi connectivity index (χ0v) is 16.8. The van der Waals surface area contributed by atoms with Crippen LogP contribution in [0.15, 0.2) is 48.5 Å². The minimum atomic E-state index is -0.178. The van der Waals surface area contributed by atoms with Crippen molar-refractivity contribution in [1.29, 1.82) is 0 Å². The summed E-state index contributed by atoms with van der Waals surface area (Å²) >= 11 is 0. The van der Waals surface area contributed by atoms with Crippen LogP contribution in [0.5, 0.6) is 11.5 Å². The average molecular weight is 396 g/mol. The normalized spacial score (nSPS) is 22.8. The molecule has 2 aromatic rings. The van der Waals surface area contributed by atoms with Crippen LogP contribution in [-0.4, -0.2) is 60.3 Å². The van der Waals surface area contributed by atoms with Gasteiger partial charge < -0.3 is 19.5 Å². The summed E-state index contributed by atoms with van der Waals surface area (Å²) in [6.07, 6.45) is 0.801. The van der Waals surface area contributed by atoms with Crippen molar-refractivity contribution in [2.75, 3.05) is 33.4 Å². The summed E-state index contributed by atoms with van der Waals surface area (Å²) in [7, 11) is 1.65. The number of para-hydroxylation sites is 1. The largest absolute Gasteiger partial charge is 0.508 e. The molecule has 154 valence electrons. The Kier molecular flexibility index (Phi) is 6.02. The highest BCUT2D eigenvalue weighted by Crippen LogP contribution is 2.28. The SMILES string of the molecule is COc1cccc(CN2CCOC3CCN(Cc4ccccc4O)CC3C2=O)c1. The van der Waals surface area contributed by atoms with E-state index in [4.69, 9.17) is 9.47 Å². The minimum Gasteiger partial charge on any atom is -0.508 e. The first-order valence-electron chi connectivity index (χ1n) is 10.2. The number of hydrogen-bond acceptors (Lipinski definition) is 5. The molecule has 0 radical (unpaired) electrons. The van der Waals surface area contributed by atoms with Gasteiger partial charge in [-0.2, -0.15) is 0 Å². The van der Waals surface area contributed by atoms with Crippen molar-refractivity contribution < 1.29 is 19.4 Å². The number of phenolic OH excluding ortho intramolecular Hbond substituents is 1. The third-order valence-electron chi connectivity index (χ3n) is 5.85. The number of carbonyl (C=O) groups is 1. The van der Waals surface area contributed by atoms with Crippen LogP contribution in [0.4, 0.5) is 0 Å². The van der Waals surface area contributed by atoms with Gasteiger partial charge in [0, 0.05) is 38.3 Å². The van der Waals surface area contributed by atoms with E-state index >= 15 is 0 Å². The van der Waals surface area contributed by atoms with Gasteiger partial charge in [0.05, 0.1) is 25.7 Å². The van der Waals surface area contributed by atoms with Crippen LogP contribution in [0.25, 0.3) is 0 Å². The summed E-state index contributed by atoms with van der Waals surface area (Å²) < 4.78 is 11.4. The van der Waals surface area contributed by atoms with Crippen LogP contribution >= 0.6 is 0 Å². The topological polar surface area (TPSA) is 62.2 Å². The molecule has 6 nitrogen and oxygen atoms in total. The third-order valence-corrected chi connectivity index (χ3v) is 5.85. The Bertz CT molecular complexity index is 856. The Morgan fingerprint density at radius 3 is 2.83 bits per heavy atom. The maximum absolute atomic E-state index is 13.3. The predicted octanol–water partition coefficient (Wildman–Crippen LogP) is 2.65. The van der Waals surface area contributed by atoms with Crippen LogP contribution < -0.4 is 4.74 Å². The lowest BCUT2D eigenvalue weighted by molar-refractivity contribution is -0.140. The number of rotatable bonds is 5. The first-order valence-corrected chi connectivity index (χ1v) is 10.2. The second-order valence-electron chi connectivity index (χ2n) is 7.78. The number of amides is 1. The van der Waals surface area contributed by atoms with Gasteiger partial charge in [0.2, 0.25) is 5.91 Å². The fraction of sp³-hybridized carbons (Fsp3) is 0.435. The van der Waals surface area contributed by atoms with Crippen molar-refractivity contribution >= 4 is 5.91 Å². The van der Waals surface area contributed by atoms with E-state index in [1.807, 2.05) is 47.4 Å². The molecule has 2 fully saturated rings. The molecule has 29 heavy (non-hydrogen) atoms. The summed E-state index contributed by atoms with van der Waals surface area (Å²) in [5, 5.41) is 10.1. The van der Waals surface area contributed by atoms with Gasteiger partial charge in [-0.3, -0.25) is 9.69 Å². The Morgan fingerprint density at radius 2 is 2.00 bits per heavy atom. The van der Waals surface area contributed by atoms with Crippen LogP contribution in [0.3, 0.4) is 0 Å². The van der Waals surface area contributed by atoms with E-state index in [0.717, 1.165) is 29.8 Å². The van der Waals surface area contributed by atoms with Gasteiger partial charge in [0.15, 0.2) is 0 Å². The van der Waals surface area contributed by atoms with Gasteiger partial charge in [0.1, 0.15) is 11.5 Å². The molecule has 2 atom stereocenters. The van der Waals surface area contributed by atoms with Crippen molar-refractivity contribution in [3.05, 3.63) is 59.7 Å². The molecule has 4 rings (SSSR count). The molecule has 2 aliphatic rings. The summed E-state index contributed by atoms with van der Waals surface area (Å²) in [5.74, 6) is 1.07. The highest BCUT2D eigenvalue weighted by molar-refractivity contribution is 5.80. The number of benzene rings is 2. The van der Waals surface area contributed by atoms with Crippen LogP contribution in [0.2, 0.25) is 0 Å². The van der Waals surface area contributed by atoms with E-state index in [9.17, 15) is 9.90 Å². The van der Waals surface area contributed by atoms with Crippen molar-refractivity contribution in [3.8, 4) is 11.5 Å². The molecule has 2 saturated heterocycles. The van der Waals surface area contributed by atoms with Gasteiger partial charge >= 0.3 is 0 Å². The Hall–Kier alpha value is -2.57. The van der Waals surface area contributed by atoms with Crippen LogP contribution in [0, 0.1) is 5.92 Å². The maximum atomic E-state index is 13.3. The lowest BCUT2D eigenvalue weighted by Gasteiger charge is -2.37. The van der Waals surface area contributed by atoms with Gasteiger partial charge in [0.25, 0.3) is 0 Å². The molecule has 0 saturated carbocycles. The zero-order chi connectivity index (χ0) is 20.2. The molecule has 6 heteroatoms. The molecule has 2 aliphatic heterocycles. The van der Waals surface area contributed by atoms with Gasteiger partial charge in [-0.1, -0.05) is 30.3 Å². The Labute approximate surface area is 171 Å². The van der Waals surface area contributed by atoms with E-state index in [1.165, 1.54) is 0 Å². The quantitative estimate of drug-likeness (QED) is 0.842. The number of likely N-dealkylation sites (tertiary alicyclic amines) is 1. The number of methoxy groups -OCH3 is 1. The van der Waals surface area contributed by atoms with E-state index in [1.54, 1.807) is 13.2 Å². The van der Waals surface area contributed by atoms with Gasteiger partial charge in [-0.15, -0.1) is 0 Å². The molecule has 0 bridgehead atoms. The fourth-order valence-electron chi connectivity index (χ4n) is 4.27. The first-order chi connectivity index (χ1) is 14.1. The smallest absolute Gasteiger partial charge is 0.229 e. The van der Waals surface area contributed by atoms with E-state index in [0.29, 0.717) is 38.5 Å². The number of ether oxygens (including phenoxy) is 2. The Balaban J connectivity index is 1.46. The second kappa shape index (κ2) is 8.84. The average Bonchev–Trinajstić information content (AvgIpc) is 2.89. The number of piperidine rings is 1. The molecule has 0 aromatic heterocycles. The maximum Gasteiger partial charge on any atom is 0.229 e. The zero-order valence-electron chi connectivity index (χ0n) is 16.8. The van der Waals surface area contributed by atoms with E-state index < -0.39 is 0 Å². The molecular formula is C23H28N2O4. The van der Waals surface area contributed by atoms with Crippen molar-refractivity contribution in [3.63, 3.8) is 0 Å². The molecule has 0 spiro atoms. The number of nitrogens with zero attached hydrogens (tertiary/aromatic N) is 2. The number of hydrogen-bond donors (Lipinski definition) is 1. The van der Waals surface area contributed by atoms with Crippen LogP contribution in [-0.2, 0) is 22.6 Å². The summed E-state index contributed by atoms with van der Waals surface area (Å²) in [4.78, 5) is 17.5. The van der Waals surface area contributed by atoms with E-state index in [2.05, 4.69) is 4.90 Å². The molecule has 1 N–H and O–H groups in total. The lowest BCUT2D eigenvalue weighted by Crippen LogP contribution is -2.49. The number of aromatic hydroxyl groups is 1. The van der Waals surface area contributed by atoms with Gasteiger partial charge in [-0.05, 0) is 30.2 Å². The molecule has 1 amide bonds. The minimum absolute atomic E-state index is 0.0292. The molecular weight excluding hydrogens is 368 g/mol. The van der Waals surface area contributed by atoms with Crippen molar-refractivity contribution in [2.45, 2.75) is 25.6 Å². The summed E-state index contributed by atoms with van der Waals surface area (Å²) in [6, 6.07) is 15.2. The number of fused-ring (bicyclic) bond motifs is 1.